The molecule has 0 saturated carbocycles. The number of hydrogen-bond donors (Lipinski definition) is 5. The van der Waals surface area contributed by atoms with Crippen molar-refractivity contribution < 1.29 is 34.0 Å². The van der Waals surface area contributed by atoms with E-state index >= 15 is 0 Å². The zero-order valence-corrected chi connectivity index (χ0v) is 53.4. The second-order valence-corrected chi connectivity index (χ2v) is 24.0. The van der Waals surface area contributed by atoms with E-state index in [4.69, 9.17) is 9.47 Å². The Kier molecular flexibility index (Phi) is 45.0. The van der Waals surface area contributed by atoms with E-state index in [-0.39, 0.29) is 0 Å². The highest BCUT2D eigenvalue weighted by atomic mass is 32.1. The fraction of sp³-hybridized carbons (Fsp3) is 0.617. The number of piperidine rings is 3. The van der Waals surface area contributed by atoms with Gasteiger partial charge in [0.1, 0.15) is 19.4 Å². The maximum atomic E-state index is 5.23. The first-order valence-electron chi connectivity index (χ1n) is 28.4. The molecule has 78 heavy (non-hydrogen) atoms. The van der Waals surface area contributed by atoms with Crippen molar-refractivity contribution in [3.63, 3.8) is 0 Å². The summed E-state index contributed by atoms with van der Waals surface area (Å²) in [7, 11) is 15.3. The SMILES string of the molecule is CC1CC[NH+](C)CC1.CN1CC[NH+](C)CC1.COC1CC[NH+](C)CC1.C[NH+]1CCCCC1.C[NH+]1CCOCC1.Cc1cccnc1.Cc1cccs1.Cc1ccncn1.Cc1cnccn1.Cc1cscn1.Cc1nccs1. The molecule has 0 bridgehead atoms. The number of quaternary nitrogens is 5. The van der Waals surface area contributed by atoms with Gasteiger partial charge in [-0.3, -0.25) is 29.8 Å². The third-order valence-electron chi connectivity index (χ3n) is 13.1. The number of aryl methyl sites for hydroxylation is 6. The van der Waals surface area contributed by atoms with Crippen LogP contribution in [0.4, 0.5) is 0 Å². The van der Waals surface area contributed by atoms with Crippen LogP contribution < -0.4 is 24.5 Å². The van der Waals surface area contributed by atoms with E-state index in [2.05, 4.69) is 113 Å². The van der Waals surface area contributed by atoms with E-state index in [1.165, 1.54) is 140 Å². The number of morpholine rings is 1. The van der Waals surface area contributed by atoms with Crippen LogP contribution in [0.25, 0.3) is 0 Å². The molecule has 11 heterocycles. The number of likely N-dealkylation sites (tertiary alicyclic amines) is 3. The van der Waals surface area contributed by atoms with Crippen LogP contribution in [-0.4, -0.2) is 187 Å². The highest BCUT2D eigenvalue weighted by Crippen LogP contribution is 2.06. The number of nitrogens with one attached hydrogen (secondary N) is 5. The average Bonchev–Trinajstić information content (AvgIpc) is 4.27. The summed E-state index contributed by atoms with van der Waals surface area (Å²) in [5, 5.41) is 7.19. The van der Waals surface area contributed by atoms with Gasteiger partial charge in [0.2, 0.25) is 0 Å². The molecule has 5 fully saturated rings. The van der Waals surface area contributed by atoms with Crippen molar-refractivity contribution in [1.82, 2.24) is 39.8 Å². The lowest BCUT2D eigenvalue weighted by atomic mass is 10.00. The second kappa shape index (κ2) is 48.8. The molecule has 15 nitrogen and oxygen atoms in total. The van der Waals surface area contributed by atoms with Crippen molar-refractivity contribution >= 4 is 34.0 Å². The van der Waals surface area contributed by atoms with Gasteiger partial charge in [-0.2, -0.15) is 0 Å². The molecule has 438 valence electrons. The van der Waals surface area contributed by atoms with Crippen molar-refractivity contribution in [2.45, 2.75) is 99.5 Å². The first-order chi connectivity index (χ1) is 37.6. The molecule has 5 aliphatic heterocycles. The van der Waals surface area contributed by atoms with Crippen LogP contribution in [-0.2, 0) is 9.47 Å². The molecule has 18 heteroatoms. The Labute approximate surface area is 485 Å². The Bertz CT molecular complexity index is 1860. The van der Waals surface area contributed by atoms with E-state index in [1.807, 2.05) is 82.4 Å². The molecule has 0 radical (unpaired) electrons. The highest BCUT2D eigenvalue weighted by molar-refractivity contribution is 7.10. The number of piperazine rings is 1. The normalized spacial score (nSPS) is 19.9. The van der Waals surface area contributed by atoms with E-state index in [0.29, 0.717) is 6.10 Å². The summed E-state index contributed by atoms with van der Waals surface area (Å²) in [6.07, 6.45) is 24.0. The summed E-state index contributed by atoms with van der Waals surface area (Å²) in [5.74, 6) is 0.999. The first kappa shape index (κ1) is 72.0. The Morgan fingerprint density at radius 3 is 1.45 bits per heavy atom. The van der Waals surface area contributed by atoms with Crippen LogP contribution in [0.15, 0.2) is 102 Å². The van der Waals surface area contributed by atoms with Gasteiger partial charge in [0.25, 0.3) is 0 Å². The van der Waals surface area contributed by atoms with Gasteiger partial charge in [0, 0.05) is 103 Å². The molecule has 5 aliphatic rings. The summed E-state index contributed by atoms with van der Waals surface area (Å²) in [4.78, 5) is 39.2. The van der Waals surface area contributed by atoms with E-state index < -0.39 is 0 Å². The summed E-state index contributed by atoms with van der Waals surface area (Å²) >= 11 is 5.07. The number of likely N-dealkylation sites (N-methyl/N-ethyl adjacent to an activating group) is 3. The minimum Gasteiger partial charge on any atom is -0.381 e. The minimum atomic E-state index is 0.550. The molecule has 0 amide bonds. The number of thiophene rings is 1. The van der Waals surface area contributed by atoms with Crippen LogP contribution in [0.5, 0.6) is 0 Å². The van der Waals surface area contributed by atoms with Gasteiger partial charge in [0.15, 0.2) is 0 Å². The predicted molar refractivity (Wildman–Crippen MR) is 329 cm³/mol. The largest absolute Gasteiger partial charge is 0.381 e. The number of hydrogen-bond acceptors (Lipinski definition) is 13. The van der Waals surface area contributed by atoms with Gasteiger partial charge >= 0.3 is 0 Å². The number of nitrogens with zero attached hydrogens (tertiary/aromatic N) is 8. The summed E-state index contributed by atoms with van der Waals surface area (Å²) in [6, 6.07) is 9.97. The van der Waals surface area contributed by atoms with Gasteiger partial charge in [-0.15, -0.1) is 34.0 Å². The van der Waals surface area contributed by atoms with Crippen LogP contribution in [0.1, 0.15) is 84.4 Å². The lowest BCUT2D eigenvalue weighted by molar-refractivity contribution is -0.888. The van der Waals surface area contributed by atoms with Crippen LogP contribution in [0.2, 0.25) is 0 Å². The zero-order chi connectivity index (χ0) is 57.4. The number of methoxy groups -OCH3 is 1. The van der Waals surface area contributed by atoms with E-state index in [0.717, 1.165) is 41.2 Å². The van der Waals surface area contributed by atoms with Gasteiger partial charge in [-0.25, -0.2) is 9.97 Å². The number of rotatable bonds is 1. The van der Waals surface area contributed by atoms with Crippen molar-refractivity contribution in [2.24, 2.45) is 5.92 Å². The molecule has 0 unspecified atom stereocenters. The molecule has 11 rings (SSSR count). The predicted octanol–water partition coefficient (Wildman–Crippen LogP) is 3.82. The summed E-state index contributed by atoms with van der Waals surface area (Å²) in [5.41, 5.74) is 6.12. The van der Waals surface area contributed by atoms with Gasteiger partial charge in [-0.1, -0.05) is 19.1 Å². The molecule has 6 aromatic rings. The Morgan fingerprint density at radius 1 is 0.551 bits per heavy atom. The maximum Gasteiger partial charge on any atom is 0.115 e. The lowest BCUT2D eigenvalue weighted by Gasteiger charge is -2.26. The van der Waals surface area contributed by atoms with Crippen molar-refractivity contribution in [3.8, 4) is 0 Å². The lowest BCUT2D eigenvalue weighted by Crippen LogP contribution is -3.11. The second-order valence-electron chi connectivity index (χ2n) is 21.0. The molecule has 6 aromatic heterocycles. The summed E-state index contributed by atoms with van der Waals surface area (Å²) < 4.78 is 10.3. The van der Waals surface area contributed by atoms with Crippen LogP contribution in [0, 0.1) is 47.5 Å². The zero-order valence-electron chi connectivity index (χ0n) is 50.9. The molecule has 0 aromatic carbocycles. The molecular formula is C60H108N13O2S3+5. The van der Waals surface area contributed by atoms with E-state index in [9.17, 15) is 0 Å². The third kappa shape index (κ3) is 45.8. The van der Waals surface area contributed by atoms with Crippen molar-refractivity contribution in [3.05, 3.63) is 134 Å². The van der Waals surface area contributed by atoms with Gasteiger partial charge < -0.3 is 34.0 Å². The monoisotopic (exact) mass is 1140 g/mol. The standard InChI is InChI=1S/C7H15NO.C7H15N.C6H14N2.C6H7N.C6H13N.2C5H6N2.C5H11NO.C5H6S.2C4H5NS/c1-8-5-3-7(9-2)4-6-8;2*1-7-3-5-8(2)6-4-7;1-6-3-2-4-7-5-6;1-7-5-3-2-4-6-7;1-5-4-6-2-3-7-5;1-5-2-3-6-4-7-5;1-6-2-4-7-5-3-6;1-5-3-2-4-6-5;1-4-2-6-3-5-4;1-4-5-2-3-6-4/h7H,3-6H2,1-2H3;7H,3-6H2,1-2H3;3-6H2,1-2H3;2-5H,1H3;2-6H2,1H3;2*2-4H,1H3;2-5H2,1H3;2-4H,1H3;2*2-3H,1H3/p+5. The highest BCUT2D eigenvalue weighted by Gasteiger charge is 2.18. The molecule has 5 N–H and O–H groups in total. The van der Waals surface area contributed by atoms with Crippen LogP contribution in [0.3, 0.4) is 0 Å². The van der Waals surface area contributed by atoms with E-state index in [1.54, 1.807) is 95.7 Å². The summed E-state index contributed by atoms with van der Waals surface area (Å²) in [6.45, 7) is 31.9. The minimum absolute atomic E-state index is 0.550. The molecule has 0 atom stereocenters. The third-order valence-corrected chi connectivity index (χ3v) is 15.4. The Hall–Kier alpha value is -4.05. The molecular weight excluding hydrogens is 1030 g/mol. The first-order valence-corrected chi connectivity index (χ1v) is 31.1. The van der Waals surface area contributed by atoms with Crippen molar-refractivity contribution in [2.75, 3.05) is 141 Å². The number of ether oxygens (including phenoxy) is 2. The van der Waals surface area contributed by atoms with Crippen molar-refractivity contribution in [1.29, 1.82) is 0 Å². The number of thiazole rings is 2. The number of pyridine rings is 1. The fourth-order valence-corrected chi connectivity index (χ4v) is 9.07. The molecule has 5 saturated heterocycles. The molecule has 0 aliphatic carbocycles. The number of aromatic nitrogens is 7. The Balaban J connectivity index is 0.000000430. The van der Waals surface area contributed by atoms with Gasteiger partial charge in [-0.05, 0) is 116 Å². The molecule has 0 spiro atoms. The maximum absolute atomic E-state index is 5.23. The average molecular weight is 1140 g/mol. The topological polar surface area (TPSA) is 134 Å². The fourth-order valence-electron chi connectivity index (χ4n) is 7.56. The Morgan fingerprint density at radius 2 is 1.17 bits per heavy atom. The quantitative estimate of drug-likeness (QED) is 0.166. The van der Waals surface area contributed by atoms with Gasteiger partial charge in [0.05, 0.1) is 123 Å². The smallest absolute Gasteiger partial charge is 0.115 e. The van der Waals surface area contributed by atoms with Crippen LogP contribution >= 0.6 is 34.0 Å².